The standard InChI is InChI=1S/C13H10S4/c1-2-5-9-8(4-1)14-12(15-9)13-16-10-6-3-7-11(10)17-13/h1-2,4-5H,3,6-7H2. The molecule has 0 radical (unpaired) electrons. The Kier molecular flexibility index (Phi) is 2.80. The molecule has 0 N–H and O–H groups in total. The molecule has 3 aliphatic rings. The van der Waals surface area contributed by atoms with Crippen LogP contribution in [0.3, 0.4) is 0 Å². The fourth-order valence-corrected chi connectivity index (χ4v) is 7.87. The van der Waals surface area contributed by atoms with Gasteiger partial charge in [0.05, 0.1) is 8.47 Å². The van der Waals surface area contributed by atoms with E-state index in [0.29, 0.717) is 0 Å². The van der Waals surface area contributed by atoms with Crippen LogP contribution in [0, 0.1) is 0 Å². The van der Waals surface area contributed by atoms with Gasteiger partial charge in [-0.3, -0.25) is 0 Å². The van der Waals surface area contributed by atoms with Gasteiger partial charge in [0, 0.05) is 19.6 Å². The van der Waals surface area contributed by atoms with Crippen molar-refractivity contribution in [2.75, 3.05) is 0 Å². The Morgan fingerprint density at radius 2 is 1.24 bits per heavy atom. The molecule has 0 saturated heterocycles. The van der Waals surface area contributed by atoms with Crippen LogP contribution in [0.5, 0.6) is 0 Å². The monoisotopic (exact) mass is 294 g/mol. The largest absolute Gasteiger partial charge is 0.0846 e. The van der Waals surface area contributed by atoms with Gasteiger partial charge in [-0.05, 0) is 31.4 Å². The van der Waals surface area contributed by atoms with Crippen molar-refractivity contribution in [1.29, 1.82) is 0 Å². The highest BCUT2D eigenvalue weighted by Gasteiger charge is 2.30. The molecule has 1 aromatic rings. The number of fused-ring (bicyclic) bond motifs is 1. The van der Waals surface area contributed by atoms with Crippen molar-refractivity contribution in [2.24, 2.45) is 0 Å². The summed E-state index contributed by atoms with van der Waals surface area (Å²) in [7, 11) is 0. The van der Waals surface area contributed by atoms with Gasteiger partial charge in [-0.15, -0.1) is 0 Å². The van der Waals surface area contributed by atoms with Gasteiger partial charge in [0.2, 0.25) is 0 Å². The molecule has 0 spiro atoms. The Morgan fingerprint density at radius 1 is 0.706 bits per heavy atom. The molecular weight excluding hydrogens is 284 g/mol. The Labute approximate surface area is 118 Å². The van der Waals surface area contributed by atoms with Crippen LogP contribution in [0.4, 0.5) is 0 Å². The summed E-state index contributed by atoms with van der Waals surface area (Å²) in [6, 6.07) is 8.72. The number of thioether (sulfide) groups is 4. The smallest absolute Gasteiger partial charge is 0.0706 e. The van der Waals surface area contributed by atoms with Crippen LogP contribution >= 0.6 is 47.0 Å². The summed E-state index contributed by atoms with van der Waals surface area (Å²) in [5.41, 5.74) is 0. The zero-order valence-corrected chi connectivity index (χ0v) is 12.3. The molecule has 0 amide bonds. The minimum atomic E-state index is 1.31. The lowest BCUT2D eigenvalue weighted by Crippen LogP contribution is -1.71. The van der Waals surface area contributed by atoms with E-state index in [1.165, 1.54) is 37.5 Å². The Hall–Kier alpha value is 0.1000. The number of hydrogen-bond donors (Lipinski definition) is 0. The third kappa shape index (κ3) is 1.89. The molecule has 1 aliphatic carbocycles. The van der Waals surface area contributed by atoms with Crippen molar-refractivity contribution in [3.8, 4) is 0 Å². The van der Waals surface area contributed by atoms with Gasteiger partial charge >= 0.3 is 0 Å². The highest BCUT2D eigenvalue weighted by atomic mass is 32.2. The van der Waals surface area contributed by atoms with E-state index in [0.717, 1.165) is 0 Å². The van der Waals surface area contributed by atoms with Gasteiger partial charge in [-0.25, -0.2) is 0 Å². The maximum atomic E-state index is 2.23. The third-order valence-electron chi connectivity index (χ3n) is 2.97. The molecule has 0 unspecified atom stereocenters. The summed E-state index contributed by atoms with van der Waals surface area (Å²) in [6.45, 7) is 0. The number of allylic oxidation sites excluding steroid dienone is 2. The summed E-state index contributed by atoms with van der Waals surface area (Å²) in [5.74, 6) is 0. The van der Waals surface area contributed by atoms with Crippen LogP contribution in [0.25, 0.3) is 0 Å². The first kappa shape index (κ1) is 11.0. The summed E-state index contributed by atoms with van der Waals surface area (Å²) < 4.78 is 3.02. The van der Waals surface area contributed by atoms with Gasteiger partial charge in [-0.1, -0.05) is 59.2 Å². The topological polar surface area (TPSA) is 0 Å². The number of rotatable bonds is 0. The van der Waals surface area contributed by atoms with Crippen molar-refractivity contribution >= 4 is 47.0 Å². The molecule has 0 bridgehead atoms. The second-order valence-corrected chi connectivity index (χ2v) is 8.96. The molecular formula is C13H10S4. The average Bonchev–Trinajstić information content (AvgIpc) is 3.01. The van der Waals surface area contributed by atoms with Crippen molar-refractivity contribution < 1.29 is 0 Å². The quantitative estimate of drug-likeness (QED) is 0.585. The number of benzene rings is 1. The van der Waals surface area contributed by atoms with Crippen LogP contribution < -0.4 is 0 Å². The minimum absolute atomic E-state index is 1.31. The van der Waals surface area contributed by atoms with E-state index in [2.05, 4.69) is 24.3 Å². The van der Waals surface area contributed by atoms with E-state index in [9.17, 15) is 0 Å². The molecule has 0 aromatic heterocycles. The predicted octanol–water partition coefficient (Wildman–Crippen LogP) is 5.89. The lowest BCUT2D eigenvalue weighted by atomic mass is 10.4. The van der Waals surface area contributed by atoms with E-state index in [-0.39, 0.29) is 0 Å². The fourth-order valence-electron chi connectivity index (χ4n) is 2.15. The van der Waals surface area contributed by atoms with Crippen LogP contribution in [0.15, 0.2) is 52.3 Å². The molecule has 2 aliphatic heterocycles. The Balaban J connectivity index is 1.63. The average molecular weight is 294 g/mol. The Morgan fingerprint density at radius 3 is 1.82 bits per heavy atom. The first-order chi connectivity index (χ1) is 8.40. The summed E-state index contributed by atoms with van der Waals surface area (Å²) in [4.78, 5) is 6.14. The molecule has 0 nitrogen and oxygen atoms in total. The van der Waals surface area contributed by atoms with Gasteiger partial charge < -0.3 is 0 Å². The van der Waals surface area contributed by atoms with E-state index >= 15 is 0 Å². The molecule has 0 saturated carbocycles. The first-order valence-corrected chi connectivity index (χ1v) is 8.93. The minimum Gasteiger partial charge on any atom is -0.0846 e. The molecule has 0 fully saturated rings. The SMILES string of the molecule is c1ccc2c(c1)SC(=C1SC3=C(CCC3)S1)S2. The zero-order valence-electron chi connectivity index (χ0n) is 9.06. The third-order valence-corrected chi connectivity index (χ3v) is 8.85. The van der Waals surface area contributed by atoms with Gasteiger partial charge in [-0.2, -0.15) is 0 Å². The van der Waals surface area contributed by atoms with Gasteiger partial charge in [0.1, 0.15) is 0 Å². The predicted molar refractivity (Wildman–Crippen MR) is 81.2 cm³/mol. The number of hydrogen-bond acceptors (Lipinski definition) is 4. The molecule has 17 heavy (non-hydrogen) atoms. The van der Waals surface area contributed by atoms with Crippen LogP contribution in [-0.4, -0.2) is 0 Å². The van der Waals surface area contributed by atoms with Gasteiger partial charge in [0.25, 0.3) is 0 Å². The van der Waals surface area contributed by atoms with Gasteiger partial charge in [0.15, 0.2) is 0 Å². The second kappa shape index (κ2) is 4.34. The maximum Gasteiger partial charge on any atom is 0.0706 e. The van der Waals surface area contributed by atoms with Crippen molar-refractivity contribution in [3.63, 3.8) is 0 Å². The molecule has 1 aromatic carbocycles. The van der Waals surface area contributed by atoms with E-state index in [1.54, 1.807) is 9.81 Å². The van der Waals surface area contributed by atoms with E-state index in [1.807, 2.05) is 47.0 Å². The summed E-state index contributed by atoms with van der Waals surface area (Å²) in [6.07, 6.45) is 3.99. The Bertz CT molecular complexity index is 511. The van der Waals surface area contributed by atoms with Crippen LogP contribution in [0.2, 0.25) is 0 Å². The van der Waals surface area contributed by atoms with E-state index < -0.39 is 0 Å². The highest BCUT2D eigenvalue weighted by molar-refractivity contribution is 8.32. The van der Waals surface area contributed by atoms with Crippen LogP contribution in [0.1, 0.15) is 19.3 Å². The molecule has 2 heterocycles. The lowest BCUT2D eigenvalue weighted by molar-refractivity contribution is 0.921. The lowest BCUT2D eigenvalue weighted by Gasteiger charge is -2.02. The fraction of sp³-hybridized carbons (Fsp3) is 0.231. The van der Waals surface area contributed by atoms with Crippen molar-refractivity contribution in [2.45, 2.75) is 29.1 Å². The van der Waals surface area contributed by atoms with E-state index in [4.69, 9.17) is 0 Å². The highest BCUT2D eigenvalue weighted by Crippen LogP contribution is 2.63. The molecule has 4 heteroatoms. The normalized spacial score (nSPS) is 22.4. The first-order valence-electron chi connectivity index (χ1n) is 5.67. The second-order valence-electron chi connectivity index (χ2n) is 4.13. The zero-order chi connectivity index (χ0) is 11.2. The van der Waals surface area contributed by atoms with Crippen molar-refractivity contribution in [1.82, 2.24) is 0 Å². The van der Waals surface area contributed by atoms with Crippen molar-refractivity contribution in [3.05, 3.63) is 42.6 Å². The molecule has 4 rings (SSSR count). The summed E-state index contributed by atoms with van der Waals surface area (Å²) in [5, 5.41) is 0. The molecule has 86 valence electrons. The maximum absolute atomic E-state index is 2.23. The summed E-state index contributed by atoms with van der Waals surface area (Å²) >= 11 is 7.95. The molecule has 0 atom stereocenters. The van der Waals surface area contributed by atoms with Crippen LogP contribution in [-0.2, 0) is 0 Å².